The van der Waals surface area contributed by atoms with Crippen LogP contribution >= 0.6 is 11.6 Å². The molecule has 108 valence electrons. The molecule has 0 spiro atoms. The maximum atomic E-state index is 12.6. The summed E-state index contributed by atoms with van der Waals surface area (Å²) in [6.07, 6.45) is 0. The van der Waals surface area contributed by atoms with Gasteiger partial charge < -0.3 is 9.15 Å². The predicted molar refractivity (Wildman–Crippen MR) is 78.9 cm³/mol. The minimum atomic E-state index is -0.991. The van der Waals surface area contributed by atoms with Crippen molar-refractivity contribution in [3.05, 3.63) is 51.9 Å². The van der Waals surface area contributed by atoms with Crippen molar-refractivity contribution >= 4 is 17.4 Å². The van der Waals surface area contributed by atoms with E-state index in [1.165, 1.54) is 7.11 Å². The standard InChI is InChI=1S/C16H14ClNO3/c1-9-6-12(10(2)21-9)16(19)14(8-18)13-7-11(17)4-5-15(13)20-3/h4-7,14H,1-3H3. The van der Waals surface area contributed by atoms with Crippen LogP contribution in [0.1, 0.15) is 33.4 Å². The van der Waals surface area contributed by atoms with Crippen molar-refractivity contribution in [2.45, 2.75) is 19.8 Å². The Kier molecular flexibility index (Phi) is 4.35. The molecular formula is C16H14ClNO3. The summed E-state index contributed by atoms with van der Waals surface area (Å²) < 4.78 is 10.6. The molecule has 0 saturated carbocycles. The molecule has 0 N–H and O–H groups in total. The third kappa shape index (κ3) is 2.93. The van der Waals surface area contributed by atoms with Crippen LogP contribution in [0.5, 0.6) is 5.75 Å². The molecule has 4 nitrogen and oxygen atoms in total. The van der Waals surface area contributed by atoms with E-state index in [0.29, 0.717) is 33.4 Å². The number of methoxy groups -OCH3 is 1. The normalized spacial score (nSPS) is 11.8. The number of carbonyl (C=O) groups is 1. The smallest absolute Gasteiger partial charge is 0.188 e. The molecule has 1 heterocycles. The van der Waals surface area contributed by atoms with E-state index in [0.717, 1.165) is 0 Å². The zero-order valence-corrected chi connectivity index (χ0v) is 12.7. The highest BCUT2D eigenvalue weighted by Gasteiger charge is 2.27. The molecule has 5 heteroatoms. The minimum Gasteiger partial charge on any atom is -0.496 e. The van der Waals surface area contributed by atoms with E-state index in [2.05, 4.69) is 0 Å². The summed E-state index contributed by atoms with van der Waals surface area (Å²) in [5.74, 6) is 0.267. The lowest BCUT2D eigenvalue weighted by Gasteiger charge is -2.13. The topological polar surface area (TPSA) is 63.2 Å². The Morgan fingerprint density at radius 1 is 1.38 bits per heavy atom. The molecule has 1 unspecified atom stereocenters. The van der Waals surface area contributed by atoms with Gasteiger partial charge in [0.2, 0.25) is 0 Å². The highest BCUT2D eigenvalue weighted by atomic mass is 35.5. The lowest BCUT2D eigenvalue weighted by Crippen LogP contribution is -2.12. The number of hydrogen-bond acceptors (Lipinski definition) is 4. The van der Waals surface area contributed by atoms with E-state index in [4.69, 9.17) is 20.8 Å². The van der Waals surface area contributed by atoms with Gasteiger partial charge in [-0.25, -0.2) is 0 Å². The first-order valence-corrected chi connectivity index (χ1v) is 6.70. The van der Waals surface area contributed by atoms with E-state index in [1.54, 1.807) is 38.1 Å². The van der Waals surface area contributed by atoms with Gasteiger partial charge in [0.15, 0.2) is 5.78 Å². The number of nitriles is 1. The van der Waals surface area contributed by atoms with Crippen molar-refractivity contribution in [1.29, 1.82) is 5.26 Å². The molecule has 1 aromatic carbocycles. The number of rotatable bonds is 4. The van der Waals surface area contributed by atoms with Gasteiger partial charge in [0.25, 0.3) is 0 Å². The van der Waals surface area contributed by atoms with Crippen LogP contribution in [-0.4, -0.2) is 12.9 Å². The number of halogens is 1. The Bertz CT molecular complexity index is 728. The van der Waals surface area contributed by atoms with Crippen molar-refractivity contribution in [1.82, 2.24) is 0 Å². The molecule has 0 aliphatic carbocycles. The van der Waals surface area contributed by atoms with Crippen LogP contribution in [0.4, 0.5) is 0 Å². The minimum absolute atomic E-state index is 0.326. The van der Waals surface area contributed by atoms with E-state index >= 15 is 0 Å². The summed E-state index contributed by atoms with van der Waals surface area (Å²) in [7, 11) is 1.49. The molecule has 0 saturated heterocycles. The fraction of sp³-hybridized carbons (Fsp3) is 0.250. The molecule has 2 rings (SSSR count). The fourth-order valence-electron chi connectivity index (χ4n) is 2.23. The number of benzene rings is 1. The van der Waals surface area contributed by atoms with Crippen molar-refractivity contribution in [3.63, 3.8) is 0 Å². The first-order valence-electron chi connectivity index (χ1n) is 6.32. The van der Waals surface area contributed by atoms with Crippen LogP contribution in [0.25, 0.3) is 0 Å². The zero-order chi connectivity index (χ0) is 15.6. The highest BCUT2D eigenvalue weighted by molar-refractivity contribution is 6.30. The van der Waals surface area contributed by atoms with Crippen LogP contribution in [0.3, 0.4) is 0 Å². The Morgan fingerprint density at radius 2 is 2.10 bits per heavy atom. The van der Waals surface area contributed by atoms with E-state index in [9.17, 15) is 10.1 Å². The molecule has 0 fully saturated rings. The first kappa shape index (κ1) is 15.1. The quantitative estimate of drug-likeness (QED) is 0.799. The molecule has 0 radical (unpaired) electrons. The summed E-state index contributed by atoms with van der Waals surface area (Å²) in [6, 6.07) is 8.53. The Labute approximate surface area is 127 Å². The van der Waals surface area contributed by atoms with Crippen LogP contribution in [0.15, 0.2) is 28.7 Å². The van der Waals surface area contributed by atoms with Crippen molar-refractivity contribution < 1.29 is 13.9 Å². The molecule has 0 amide bonds. The molecule has 1 atom stereocenters. The maximum Gasteiger partial charge on any atom is 0.188 e. The van der Waals surface area contributed by atoms with Crippen LogP contribution < -0.4 is 4.74 Å². The lowest BCUT2D eigenvalue weighted by molar-refractivity contribution is 0.0976. The van der Waals surface area contributed by atoms with E-state index in [-0.39, 0.29) is 5.78 Å². The third-order valence-corrected chi connectivity index (χ3v) is 3.44. The van der Waals surface area contributed by atoms with Gasteiger partial charge in [-0.3, -0.25) is 4.79 Å². The zero-order valence-electron chi connectivity index (χ0n) is 11.9. The number of aryl methyl sites for hydroxylation is 2. The monoisotopic (exact) mass is 303 g/mol. The number of carbonyl (C=O) groups excluding carboxylic acids is 1. The third-order valence-electron chi connectivity index (χ3n) is 3.20. The number of hydrogen-bond donors (Lipinski definition) is 0. The van der Waals surface area contributed by atoms with Gasteiger partial charge >= 0.3 is 0 Å². The maximum absolute atomic E-state index is 12.6. The summed E-state index contributed by atoms with van der Waals surface area (Å²) in [4.78, 5) is 12.6. The average Bonchev–Trinajstić information content (AvgIpc) is 2.78. The second kappa shape index (κ2) is 6.02. The number of Topliss-reactive ketones (excluding diaryl/α,β-unsaturated/α-hetero) is 1. The molecular weight excluding hydrogens is 290 g/mol. The molecule has 1 aromatic heterocycles. The van der Waals surface area contributed by atoms with Crippen molar-refractivity contribution in [2.24, 2.45) is 0 Å². The van der Waals surface area contributed by atoms with Gasteiger partial charge in [-0.1, -0.05) is 11.6 Å². The van der Waals surface area contributed by atoms with Gasteiger partial charge in [-0.05, 0) is 38.1 Å². The Morgan fingerprint density at radius 3 is 2.62 bits per heavy atom. The van der Waals surface area contributed by atoms with E-state index < -0.39 is 5.92 Å². The van der Waals surface area contributed by atoms with Crippen molar-refractivity contribution in [3.8, 4) is 11.8 Å². The summed E-state index contributed by atoms with van der Waals surface area (Å²) in [6.45, 7) is 3.45. The second-order valence-electron chi connectivity index (χ2n) is 4.64. The van der Waals surface area contributed by atoms with Crippen LogP contribution in [0, 0.1) is 25.2 Å². The number of furan rings is 1. The van der Waals surface area contributed by atoms with Gasteiger partial charge in [-0.15, -0.1) is 0 Å². The molecule has 0 bridgehead atoms. The number of ether oxygens (including phenoxy) is 1. The summed E-state index contributed by atoms with van der Waals surface area (Å²) in [5, 5.41) is 9.86. The summed E-state index contributed by atoms with van der Waals surface area (Å²) in [5.41, 5.74) is 0.858. The largest absolute Gasteiger partial charge is 0.496 e. The molecule has 0 aliphatic rings. The van der Waals surface area contributed by atoms with Crippen LogP contribution in [-0.2, 0) is 0 Å². The first-order chi connectivity index (χ1) is 9.97. The number of ketones is 1. The van der Waals surface area contributed by atoms with Gasteiger partial charge in [0, 0.05) is 10.6 Å². The fourth-order valence-corrected chi connectivity index (χ4v) is 2.41. The summed E-state index contributed by atoms with van der Waals surface area (Å²) >= 11 is 5.97. The van der Waals surface area contributed by atoms with Gasteiger partial charge in [0.1, 0.15) is 23.2 Å². The highest BCUT2D eigenvalue weighted by Crippen LogP contribution is 2.32. The van der Waals surface area contributed by atoms with Crippen molar-refractivity contribution in [2.75, 3.05) is 7.11 Å². The van der Waals surface area contributed by atoms with Gasteiger partial charge in [0.05, 0.1) is 18.7 Å². The SMILES string of the molecule is COc1ccc(Cl)cc1C(C#N)C(=O)c1cc(C)oc1C. The lowest BCUT2D eigenvalue weighted by atomic mass is 9.91. The Balaban J connectivity index is 2.50. The molecule has 21 heavy (non-hydrogen) atoms. The molecule has 2 aromatic rings. The van der Waals surface area contributed by atoms with Crippen LogP contribution in [0.2, 0.25) is 5.02 Å². The van der Waals surface area contributed by atoms with E-state index in [1.807, 2.05) is 6.07 Å². The number of nitrogens with zero attached hydrogens (tertiary/aromatic N) is 1. The van der Waals surface area contributed by atoms with Gasteiger partial charge in [-0.2, -0.15) is 5.26 Å². The second-order valence-corrected chi connectivity index (χ2v) is 5.08. The Hall–Kier alpha value is -2.25. The predicted octanol–water partition coefficient (Wildman–Crippen LogP) is 4.05. The molecule has 0 aliphatic heterocycles. The average molecular weight is 304 g/mol.